The Hall–Kier alpha value is -3.68. The number of carbonyl (C=O) groups is 1. The zero-order valence-corrected chi connectivity index (χ0v) is 18.6. The van der Waals surface area contributed by atoms with Crippen LogP contribution < -0.4 is 15.0 Å². The molecule has 1 saturated heterocycles. The number of hydrogen-bond donors (Lipinski definition) is 1. The van der Waals surface area contributed by atoms with Crippen molar-refractivity contribution >= 4 is 18.0 Å². The summed E-state index contributed by atoms with van der Waals surface area (Å²) < 4.78 is 11.1. The van der Waals surface area contributed by atoms with Crippen LogP contribution in [0.3, 0.4) is 0 Å². The van der Waals surface area contributed by atoms with Crippen LogP contribution in [0.1, 0.15) is 38.2 Å². The van der Waals surface area contributed by atoms with Crippen molar-refractivity contribution in [3.8, 4) is 11.5 Å². The summed E-state index contributed by atoms with van der Waals surface area (Å²) in [6, 6.07) is 17.3. The molecular weight excluding hydrogens is 406 g/mol. The van der Waals surface area contributed by atoms with Crippen molar-refractivity contribution in [1.29, 1.82) is 0 Å². The summed E-state index contributed by atoms with van der Waals surface area (Å²) in [7, 11) is 0. The monoisotopic (exact) mass is 433 g/mol. The van der Waals surface area contributed by atoms with Crippen molar-refractivity contribution in [3.63, 3.8) is 0 Å². The van der Waals surface area contributed by atoms with Gasteiger partial charge in [-0.3, -0.25) is 0 Å². The number of hydrogen-bond acceptors (Lipinski definition) is 7. The smallest absolute Gasteiger partial charge is 0.417 e. The highest BCUT2D eigenvalue weighted by atomic mass is 16.6. The topological polar surface area (TPSA) is 89.5 Å². The molecule has 3 aromatic rings. The highest BCUT2D eigenvalue weighted by molar-refractivity contribution is 5.88. The van der Waals surface area contributed by atoms with E-state index < -0.39 is 6.09 Å². The molecule has 1 amide bonds. The Morgan fingerprint density at radius 1 is 1.00 bits per heavy atom. The Labute approximate surface area is 187 Å². The second kappa shape index (κ2) is 9.21. The van der Waals surface area contributed by atoms with E-state index in [0.717, 1.165) is 17.1 Å². The number of nitrogens with one attached hydrogen (secondary N) is 1. The molecule has 166 valence electrons. The number of rotatable bonds is 7. The Kier molecular flexibility index (Phi) is 6.20. The van der Waals surface area contributed by atoms with Gasteiger partial charge in [-0.25, -0.2) is 9.69 Å². The first-order valence-electron chi connectivity index (χ1n) is 10.7. The van der Waals surface area contributed by atoms with Crippen LogP contribution in [-0.4, -0.2) is 33.7 Å². The van der Waals surface area contributed by atoms with Gasteiger partial charge in [-0.1, -0.05) is 44.2 Å². The third-order valence-electron chi connectivity index (χ3n) is 5.33. The molecule has 2 aromatic carbocycles. The van der Waals surface area contributed by atoms with E-state index in [1.807, 2.05) is 75.4 Å². The predicted octanol–water partition coefficient (Wildman–Crippen LogP) is 5.13. The lowest BCUT2D eigenvalue weighted by Gasteiger charge is -2.23. The second-order valence-electron chi connectivity index (χ2n) is 8.11. The van der Waals surface area contributed by atoms with Crippen LogP contribution in [0.15, 0.2) is 54.6 Å². The first kappa shape index (κ1) is 21.5. The van der Waals surface area contributed by atoms with Gasteiger partial charge < -0.3 is 14.8 Å². The van der Waals surface area contributed by atoms with Gasteiger partial charge in [0.15, 0.2) is 0 Å². The Morgan fingerprint density at radius 2 is 1.69 bits per heavy atom. The first-order valence-corrected chi connectivity index (χ1v) is 10.7. The number of anilines is 2. The molecule has 4 rings (SSSR count). The number of amides is 1. The molecule has 8 heteroatoms. The van der Waals surface area contributed by atoms with E-state index in [1.165, 1.54) is 4.90 Å². The van der Waals surface area contributed by atoms with Crippen molar-refractivity contribution < 1.29 is 14.3 Å². The van der Waals surface area contributed by atoms with Crippen molar-refractivity contribution in [2.45, 2.75) is 39.8 Å². The fourth-order valence-corrected chi connectivity index (χ4v) is 3.52. The number of ether oxygens (including phenoxy) is 2. The minimum atomic E-state index is -0.428. The first-order chi connectivity index (χ1) is 15.4. The van der Waals surface area contributed by atoms with Gasteiger partial charge in [-0.15, -0.1) is 0 Å². The average Bonchev–Trinajstić information content (AvgIpc) is 3.16. The Bertz CT molecular complexity index is 1070. The summed E-state index contributed by atoms with van der Waals surface area (Å²) in [5.41, 5.74) is 1.05. The van der Waals surface area contributed by atoms with Crippen molar-refractivity contribution in [2.24, 2.45) is 5.92 Å². The molecule has 2 heterocycles. The second-order valence-corrected chi connectivity index (χ2v) is 8.11. The maximum Gasteiger partial charge on any atom is 0.417 e. The molecule has 0 saturated carbocycles. The molecule has 1 aromatic heterocycles. The average molecular weight is 434 g/mol. The molecule has 0 bridgehead atoms. The molecule has 8 nitrogen and oxygen atoms in total. The molecule has 1 aliphatic heterocycles. The zero-order valence-electron chi connectivity index (χ0n) is 18.6. The molecule has 2 atom stereocenters. The van der Waals surface area contributed by atoms with E-state index >= 15 is 0 Å². The fraction of sp³-hybridized carbons (Fsp3) is 0.333. The van der Waals surface area contributed by atoms with Gasteiger partial charge in [-0.2, -0.15) is 15.0 Å². The van der Waals surface area contributed by atoms with Crippen LogP contribution in [0, 0.1) is 12.8 Å². The summed E-state index contributed by atoms with van der Waals surface area (Å²) in [6.45, 7) is 8.22. The van der Waals surface area contributed by atoms with Crippen molar-refractivity contribution in [1.82, 2.24) is 15.0 Å². The largest absolute Gasteiger partial charge is 0.457 e. The third kappa shape index (κ3) is 4.80. The van der Waals surface area contributed by atoms with E-state index in [4.69, 9.17) is 9.47 Å². The van der Waals surface area contributed by atoms with E-state index in [2.05, 4.69) is 20.3 Å². The molecule has 1 fully saturated rings. The minimum absolute atomic E-state index is 0.0677. The highest BCUT2D eigenvalue weighted by Crippen LogP contribution is 2.27. The SMILES string of the molecule is Cc1nc(N[C@@H](C)c2ccc(Oc3ccccc3)cc2)nc(N2C(=O)OCC2C(C)C)n1. The summed E-state index contributed by atoms with van der Waals surface area (Å²) in [4.78, 5) is 27.1. The minimum Gasteiger partial charge on any atom is -0.457 e. The van der Waals surface area contributed by atoms with Gasteiger partial charge in [0.2, 0.25) is 11.9 Å². The van der Waals surface area contributed by atoms with Crippen molar-refractivity contribution in [3.05, 3.63) is 66.0 Å². The molecule has 0 aliphatic carbocycles. The molecule has 1 N–H and O–H groups in total. The van der Waals surface area contributed by atoms with Crippen molar-refractivity contribution in [2.75, 3.05) is 16.8 Å². The summed E-state index contributed by atoms with van der Waals surface area (Å²) >= 11 is 0. The van der Waals surface area contributed by atoms with Gasteiger partial charge in [0, 0.05) is 0 Å². The number of aromatic nitrogens is 3. The van der Waals surface area contributed by atoms with Crippen LogP contribution >= 0.6 is 0 Å². The zero-order chi connectivity index (χ0) is 22.7. The maximum absolute atomic E-state index is 12.3. The lowest BCUT2D eigenvalue weighted by Crippen LogP contribution is -2.38. The van der Waals surface area contributed by atoms with Crippen LogP contribution in [-0.2, 0) is 4.74 Å². The van der Waals surface area contributed by atoms with E-state index in [0.29, 0.717) is 24.3 Å². The molecular formula is C24H27N5O3. The third-order valence-corrected chi connectivity index (χ3v) is 5.33. The van der Waals surface area contributed by atoms with Gasteiger partial charge in [0.25, 0.3) is 0 Å². The van der Waals surface area contributed by atoms with Gasteiger partial charge in [-0.05, 0) is 49.6 Å². The van der Waals surface area contributed by atoms with Gasteiger partial charge >= 0.3 is 6.09 Å². The summed E-state index contributed by atoms with van der Waals surface area (Å²) in [6.07, 6.45) is -0.428. The lowest BCUT2D eigenvalue weighted by molar-refractivity contribution is 0.177. The van der Waals surface area contributed by atoms with E-state index in [1.54, 1.807) is 6.92 Å². The fourth-order valence-electron chi connectivity index (χ4n) is 3.52. The number of nitrogens with zero attached hydrogens (tertiary/aromatic N) is 4. The summed E-state index contributed by atoms with van der Waals surface area (Å²) in [5.74, 6) is 3.01. The standard InChI is InChI=1S/C24H27N5O3/c1-15(2)21-14-31-24(30)29(21)23-27-17(4)26-22(28-23)25-16(3)18-10-12-20(13-11-18)32-19-8-6-5-7-9-19/h5-13,15-16,21H,14H2,1-4H3,(H,25,26,27,28)/t16-,21?/m0/s1. The molecule has 32 heavy (non-hydrogen) atoms. The van der Waals surface area contributed by atoms with E-state index in [-0.39, 0.29) is 18.0 Å². The Morgan fingerprint density at radius 3 is 2.38 bits per heavy atom. The normalized spacial score (nSPS) is 16.7. The highest BCUT2D eigenvalue weighted by Gasteiger charge is 2.38. The van der Waals surface area contributed by atoms with Crippen LogP contribution in [0.5, 0.6) is 11.5 Å². The molecule has 0 radical (unpaired) electrons. The van der Waals surface area contributed by atoms with E-state index in [9.17, 15) is 4.79 Å². The molecule has 1 aliphatic rings. The van der Waals surface area contributed by atoms with Crippen LogP contribution in [0.25, 0.3) is 0 Å². The molecule has 0 spiro atoms. The number of cyclic esters (lactones) is 1. The number of aryl methyl sites for hydroxylation is 1. The van der Waals surface area contributed by atoms with Crippen LogP contribution in [0.2, 0.25) is 0 Å². The predicted molar refractivity (Wildman–Crippen MR) is 122 cm³/mol. The quantitative estimate of drug-likeness (QED) is 0.553. The number of carbonyl (C=O) groups excluding carboxylic acids is 1. The molecule has 1 unspecified atom stereocenters. The maximum atomic E-state index is 12.3. The Balaban J connectivity index is 1.48. The lowest BCUT2D eigenvalue weighted by atomic mass is 10.1. The van der Waals surface area contributed by atoms with Crippen LogP contribution in [0.4, 0.5) is 16.7 Å². The number of para-hydroxylation sites is 1. The number of benzene rings is 2. The summed E-state index contributed by atoms with van der Waals surface area (Å²) in [5, 5.41) is 3.31. The van der Waals surface area contributed by atoms with Gasteiger partial charge in [0.1, 0.15) is 23.9 Å². The van der Waals surface area contributed by atoms with Gasteiger partial charge in [0.05, 0.1) is 12.1 Å².